The summed E-state index contributed by atoms with van der Waals surface area (Å²) in [4.78, 5) is 23.4. The van der Waals surface area contributed by atoms with Gasteiger partial charge in [0.2, 0.25) is 0 Å². The maximum atomic E-state index is 11.9. The number of alkyl carbamates (subject to hydrolysis) is 1. The zero-order valence-electron chi connectivity index (χ0n) is 16.8. The van der Waals surface area contributed by atoms with E-state index in [0.717, 1.165) is 23.2 Å². The predicted octanol–water partition coefficient (Wildman–Crippen LogP) is 3.59. The fourth-order valence-corrected chi connectivity index (χ4v) is 2.78. The average Bonchev–Trinajstić information content (AvgIpc) is 2.60. The van der Waals surface area contributed by atoms with Gasteiger partial charge >= 0.3 is 12.1 Å². The number of aliphatic carboxylic acids is 1. The summed E-state index contributed by atoms with van der Waals surface area (Å²) >= 11 is 0. The quantitative estimate of drug-likeness (QED) is 0.679. The highest BCUT2D eigenvalue weighted by Crippen LogP contribution is 2.21. The summed E-state index contributed by atoms with van der Waals surface area (Å²) in [5.74, 6) is -1.10. The number of carbonyl (C=O) groups is 2. The van der Waals surface area contributed by atoms with Crippen LogP contribution in [0.4, 0.5) is 4.79 Å². The smallest absolute Gasteiger partial charge is 0.408 e. The molecule has 0 unspecified atom stereocenters. The Hall–Kier alpha value is -2.86. The molecule has 0 saturated heterocycles. The molecular weight excluding hydrogens is 356 g/mol. The van der Waals surface area contributed by atoms with Gasteiger partial charge in [0, 0.05) is 13.0 Å². The van der Waals surface area contributed by atoms with E-state index in [1.165, 1.54) is 5.56 Å². The van der Waals surface area contributed by atoms with Gasteiger partial charge in [0.1, 0.15) is 11.6 Å². The summed E-state index contributed by atoms with van der Waals surface area (Å²) in [5.41, 5.74) is 3.47. The maximum absolute atomic E-state index is 11.9. The molecule has 2 rings (SSSR count). The SMILES string of the molecule is CNCc1cccc(-c2ccc(C[C@H](NC(=O)OC(C)(C)C)C(=O)O)cc2)c1. The molecule has 0 saturated carbocycles. The number of rotatable bonds is 7. The zero-order valence-corrected chi connectivity index (χ0v) is 16.8. The van der Waals surface area contributed by atoms with Gasteiger partial charge in [0.15, 0.2) is 0 Å². The average molecular weight is 384 g/mol. The molecule has 0 aromatic heterocycles. The third-order valence-corrected chi connectivity index (χ3v) is 4.02. The van der Waals surface area contributed by atoms with Crippen molar-refractivity contribution in [2.45, 2.75) is 45.4 Å². The van der Waals surface area contributed by atoms with Crippen LogP contribution in [-0.2, 0) is 22.5 Å². The number of amides is 1. The van der Waals surface area contributed by atoms with E-state index in [4.69, 9.17) is 4.74 Å². The number of nitrogens with one attached hydrogen (secondary N) is 2. The van der Waals surface area contributed by atoms with Crippen molar-refractivity contribution in [2.75, 3.05) is 7.05 Å². The van der Waals surface area contributed by atoms with Gasteiger partial charge in [-0.1, -0.05) is 42.5 Å². The Morgan fingerprint density at radius 2 is 1.71 bits per heavy atom. The molecule has 0 aliphatic heterocycles. The van der Waals surface area contributed by atoms with Crippen molar-refractivity contribution in [3.05, 3.63) is 59.7 Å². The number of ether oxygens (including phenoxy) is 1. The second kappa shape index (κ2) is 9.37. The molecule has 2 aromatic carbocycles. The first-order valence-corrected chi connectivity index (χ1v) is 9.23. The fraction of sp³-hybridized carbons (Fsp3) is 0.364. The number of carboxylic acids is 1. The first-order chi connectivity index (χ1) is 13.2. The second-order valence-electron chi connectivity index (χ2n) is 7.67. The van der Waals surface area contributed by atoms with Gasteiger partial charge in [-0.2, -0.15) is 0 Å². The van der Waals surface area contributed by atoms with E-state index in [1.54, 1.807) is 20.8 Å². The van der Waals surface area contributed by atoms with Gasteiger partial charge in [-0.05, 0) is 56.1 Å². The number of benzene rings is 2. The molecule has 6 nitrogen and oxygen atoms in total. The van der Waals surface area contributed by atoms with E-state index >= 15 is 0 Å². The van der Waals surface area contributed by atoms with Crippen molar-refractivity contribution in [2.24, 2.45) is 0 Å². The number of carboxylic acid groups (broad SMARTS) is 1. The van der Waals surface area contributed by atoms with Crippen molar-refractivity contribution in [3.8, 4) is 11.1 Å². The Morgan fingerprint density at radius 1 is 1.04 bits per heavy atom. The van der Waals surface area contributed by atoms with Crippen LogP contribution in [0.1, 0.15) is 31.9 Å². The highest BCUT2D eigenvalue weighted by molar-refractivity contribution is 5.80. The van der Waals surface area contributed by atoms with Crippen LogP contribution in [-0.4, -0.2) is 35.9 Å². The third kappa shape index (κ3) is 6.70. The van der Waals surface area contributed by atoms with Crippen LogP contribution in [0.3, 0.4) is 0 Å². The topological polar surface area (TPSA) is 87.7 Å². The maximum Gasteiger partial charge on any atom is 0.408 e. The van der Waals surface area contributed by atoms with Gasteiger partial charge in [0.05, 0.1) is 0 Å². The van der Waals surface area contributed by atoms with Crippen LogP contribution >= 0.6 is 0 Å². The normalized spacial score (nSPS) is 12.3. The highest BCUT2D eigenvalue weighted by Gasteiger charge is 2.24. The molecule has 6 heteroatoms. The van der Waals surface area contributed by atoms with Gasteiger partial charge in [0.25, 0.3) is 0 Å². The molecule has 0 radical (unpaired) electrons. The third-order valence-electron chi connectivity index (χ3n) is 4.02. The zero-order chi connectivity index (χ0) is 20.7. The molecule has 0 heterocycles. The number of carbonyl (C=O) groups excluding carboxylic acids is 1. The van der Waals surface area contributed by atoms with Crippen LogP contribution in [0.25, 0.3) is 11.1 Å². The van der Waals surface area contributed by atoms with E-state index in [9.17, 15) is 14.7 Å². The van der Waals surface area contributed by atoms with Gasteiger partial charge in [-0.15, -0.1) is 0 Å². The molecule has 0 spiro atoms. The van der Waals surface area contributed by atoms with Crippen LogP contribution in [0.15, 0.2) is 48.5 Å². The lowest BCUT2D eigenvalue weighted by Gasteiger charge is -2.22. The molecule has 3 N–H and O–H groups in total. The lowest BCUT2D eigenvalue weighted by molar-refractivity contribution is -0.139. The lowest BCUT2D eigenvalue weighted by atomic mass is 9.99. The molecule has 0 aliphatic rings. The van der Waals surface area contributed by atoms with Crippen LogP contribution in [0.2, 0.25) is 0 Å². The Kier molecular flexibility index (Phi) is 7.18. The largest absolute Gasteiger partial charge is 0.480 e. The molecule has 1 amide bonds. The summed E-state index contributed by atoms with van der Waals surface area (Å²) in [5, 5.41) is 15.0. The summed E-state index contributed by atoms with van der Waals surface area (Å²) in [6.07, 6.45) is -0.563. The first-order valence-electron chi connectivity index (χ1n) is 9.23. The summed E-state index contributed by atoms with van der Waals surface area (Å²) < 4.78 is 5.15. The van der Waals surface area contributed by atoms with E-state index in [1.807, 2.05) is 43.4 Å². The molecular formula is C22H28N2O4. The van der Waals surface area contributed by atoms with Gasteiger partial charge < -0.3 is 20.5 Å². The highest BCUT2D eigenvalue weighted by atomic mass is 16.6. The van der Waals surface area contributed by atoms with E-state index < -0.39 is 23.7 Å². The minimum absolute atomic E-state index is 0.175. The minimum Gasteiger partial charge on any atom is -0.480 e. The Balaban J connectivity index is 2.08. The van der Waals surface area contributed by atoms with E-state index in [-0.39, 0.29) is 6.42 Å². The van der Waals surface area contributed by atoms with Crippen molar-refractivity contribution in [3.63, 3.8) is 0 Å². The Morgan fingerprint density at radius 3 is 2.29 bits per heavy atom. The van der Waals surface area contributed by atoms with Crippen molar-refractivity contribution < 1.29 is 19.4 Å². The number of hydrogen-bond acceptors (Lipinski definition) is 4. The fourth-order valence-electron chi connectivity index (χ4n) is 2.78. The molecule has 0 aliphatic carbocycles. The van der Waals surface area contributed by atoms with Crippen molar-refractivity contribution in [1.29, 1.82) is 0 Å². The Labute approximate surface area is 165 Å². The lowest BCUT2D eigenvalue weighted by Crippen LogP contribution is -2.44. The molecule has 28 heavy (non-hydrogen) atoms. The van der Waals surface area contributed by atoms with E-state index in [2.05, 4.69) is 22.8 Å². The first kappa shape index (κ1) is 21.4. The van der Waals surface area contributed by atoms with Gasteiger partial charge in [-0.25, -0.2) is 9.59 Å². The van der Waals surface area contributed by atoms with Gasteiger partial charge in [-0.3, -0.25) is 0 Å². The Bertz CT molecular complexity index is 810. The van der Waals surface area contributed by atoms with Crippen LogP contribution in [0, 0.1) is 0 Å². The monoisotopic (exact) mass is 384 g/mol. The second-order valence-corrected chi connectivity index (χ2v) is 7.67. The van der Waals surface area contributed by atoms with Crippen molar-refractivity contribution >= 4 is 12.1 Å². The predicted molar refractivity (Wildman–Crippen MR) is 109 cm³/mol. The van der Waals surface area contributed by atoms with Crippen LogP contribution < -0.4 is 10.6 Å². The molecule has 2 aromatic rings. The molecule has 0 fully saturated rings. The molecule has 0 bridgehead atoms. The summed E-state index contributed by atoms with van der Waals surface area (Å²) in [6.45, 7) is 5.98. The van der Waals surface area contributed by atoms with Crippen LogP contribution in [0.5, 0.6) is 0 Å². The van der Waals surface area contributed by atoms with E-state index in [0.29, 0.717) is 0 Å². The molecule has 1 atom stereocenters. The standard InChI is InChI=1S/C22H28N2O4/c1-22(2,3)28-21(27)24-19(20(25)26)13-15-8-10-17(11-9-15)18-7-5-6-16(12-18)14-23-4/h5-12,19,23H,13-14H2,1-4H3,(H,24,27)(H,25,26)/t19-/m0/s1. The summed E-state index contributed by atoms with van der Waals surface area (Å²) in [7, 11) is 1.91. The van der Waals surface area contributed by atoms with Crippen molar-refractivity contribution in [1.82, 2.24) is 10.6 Å². The number of hydrogen-bond donors (Lipinski definition) is 3. The minimum atomic E-state index is -1.10. The summed E-state index contributed by atoms with van der Waals surface area (Å²) in [6, 6.07) is 14.9. The molecule has 150 valence electrons.